The molecule has 4 unspecified atom stereocenters. The Balaban J connectivity index is 1.44. The number of amides is 2. The number of carbonyl (C=O) groups is 4. The van der Waals surface area contributed by atoms with Crippen molar-refractivity contribution in [3.05, 3.63) is 35.9 Å². The van der Waals surface area contributed by atoms with Crippen molar-refractivity contribution in [2.24, 2.45) is 17.8 Å². The Hall–Kier alpha value is -2.78. The third-order valence-corrected chi connectivity index (χ3v) is 5.77. The van der Waals surface area contributed by atoms with Crippen LogP contribution in [0.4, 0.5) is 0 Å². The van der Waals surface area contributed by atoms with Gasteiger partial charge in [-0.15, -0.1) is 0 Å². The average molecular weight is 403 g/mol. The quantitative estimate of drug-likeness (QED) is 0.507. The van der Waals surface area contributed by atoms with Crippen LogP contribution < -0.4 is 0 Å². The minimum absolute atomic E-state index is 0.201. The molecule has 1 aromatic rings. The first-order valence-corrected chi connectivity index (χ1v) is 9.42. The van der Waals surface area contributed by atoms with Crippen molar-refractivity contribution in [2.45, 2.75) is 31.8 Å². The minimum Gasteiger partial charge on any atom is -0.480 e. The summed E-state index contributed by atoms with van der Waals surface area (Å²) in [6.45, 7) is 0.902. The monoisotopic (exact) mass is 403 g/mol. The summed E-state index contributed by atoms with van der Waals surface area (Å²) < 4.78 is 16.0. The number of aliphatic carboxylic acids is 1. The molecule has 154 valence electrons. The predicted octanol–water partition coefficient (Wildman–Crippen LogP) is 0.218. The second-order valence-corrected chi connectivity index (χ2v) is 7.57. The summed E-state index contributed by atoms with van der Waals surface area (Å²) in [5.74, 6) is -3.99. The van der Waals surface area contributed by atoms with E-state index in [0.717, 1.165) is 5.56 Å². The summed E-state index contributed by atoms with van der Waals surface area (Å²) in [6.07, 6.45) is -1.88. The van der Waals surface area contributed by atoms with Crippen molar-refractivity contribution < 1.29 is 38.5 Å². The number of carbonyl (C=O) groups excluding carboxylic acids is 3. The molecule has 0 aromatic heterocycles. The molecular formula is C20H21NO8. The second kappa shape index (κ2) is 7.57. The van der Waals surface area contributed by atoms with Crippen molar-refractivity contribution in [3.8, 4) is 0 Å². The molecule has 9 nitrogen and oxygen atoms in total. The number of carboxylic acids is 1. The van der Waals surface area contributed by atoms with Gasteiger partial charge in [-0.05, 0) is 5.56 Å². The Kier molecular flexibility index (Phi) is 5.10. The van der Waals surface area contributed by atoms with Gasteiger partial charge >= 0.3 is 11.9 Å². The molecule has 1 N–H and O–H groups in total. The van der Waals surface area contributed by atoms with Gasteiger partial charge in [-0.3, -0.25) is 14.5 Å². The smallest absolute Gasteiger partial charge is 0.332 e. The Morgan fingerprint density at radius 2 is 1.72 bits per heavy atom. The molecule has 3 aliphatic heterocycles. The lowest BCUT2D eigenvalue weighted by Crippen LogP contribution is -2.46. The van der Waals surface area contributed by atoms with E-state index in [1.165, 1.54) is 4.90 Å². The van der Waals surface area contributed by atoms with E-state index in [9.17, 15) is 19.2 Å². The number of hydrogen-bond acceptors (Lipinski definition) is 7. The lowest BCUT2D eigenvalue weighted by molar-refractivity contribution is -0.163. The fourth-order valence-corrected chi connectivity index (χ4v) is 4.54. The minimum atomic E-state index is -1.19. The summed E-state index contributed by atoms with van der Waals surface area (Å²) in [5.41, 5.74) is 0.856. The van der Waals surface area contributed by atoms with Crippen LogP contribution in [0.5, 0.6) is 0 Å². The van der Waals surface area contributed by atoms with Crippen molar-refractivity contribution in [2.75, 3.05) is 13.2 Å². The van der Waals surface area contributed by atoms with Crippen molar-refractivity contribution >= 4 is 23.8 Å². The number of fused-ring (bicyclic) bond motifs is 5. The molecule has 29 heavy (non-hydrogen) atoms. The Bertz CT molecular complexity index is 840. The van der Waals surface area contributed by atoms with Crippen LogP contribution in [0.3, 0.4) is 0 Å². The number of hydrogen-bond donors (Lipinski definition) is 1. The van der Waals surface area contributed by atoms with E-state index in [1.54, 1.807) is 0 Å². The first-order valence-electron chi connectivity index (χ1n) is 9.42. The third-order valence-electron chi connectivity index (χ3n) is 5.77. The van der Waals surface area contributed by atoms with Crippen LogP contribution in [0, 0.1) is 17.8 Å². The van der Waals surface area contributed by atoms with Crippen LogP contribution in [0.2, 0.25) is 0 Å². The van der Waals surface area contributed by atoms with E-state index < -0.39 is 55.3 Å². The molecule has 0 saturated carbocycles. The normalized spacial score (nSPS) is 32.5. The molecular weight excluding hydrogens is 382 g/mol. The third kappa shape index (κ3) is 3.40. The number of esters is 1. The number of carboxylic acid groups (broad SMARTS) is 1. The molecule has 0 radical (unpaired) electrons. The molecule has 0 aliphatic carbocycles. The summed E-state index contributed by atoms with van der Waals surface area (Å²) >= 11 is 0. The molecule has 4 rings (SSSR count). The lowest BCUT2D eigenvalue weighted by atomic mass is 9.74. The average Bonchev–Trinajstić information content (AvgIpc) is 3.29. The maximum atomic E-state index is 13.0. The lowest BCUT2D eigenvalue weighted by Gasteiger charge is -2.29. The highest BCUT2D eigenvalue weighted by Crippen LogP contribution is 2.52. The molecule has 9 heteroatoms. The van der Waals surface area contributed by atoms with Crippen molar-refractivity contribution in [3.63, 3.8) is 0 Å². The molecule has 3 saturated heterocycles. The summed E-state index contributed by atoms with van der Waals surface area (Å²) in [4.78, 5) is 49.6. The van der Waals surface area contributed by atoms with Gasteiger partial charge in [0.15, 0.2) is 0 Å². The van der Waals surface area contributed by atoms with Crippen LogP contribution in [-0.4, -0.2) is 65.3 Å². The standard InChI is InChI=1S/C20H21NO8/c1-10-16-14-15(18(29-16)17(10)28-13(24)9-27-8-12(22)23)20(26)21(19(14)25)7-11-5-3-2-4-6-11/h2-6,10,14-18H,7-9H2,1H3,(H,22,23)/t10-,14?,15?,16-,17?,18?/m1/s1. The Morgan fingerprint density at radius 3 is 2.38 bits per heavy atom. The van der Waals surface area contributed by atoms with E-state index in [2.05, 4.69) is 0 Å². The number of likely N-dealkylation sites (tertiary alicyclic amines) is 1. The van der Waals surface area contributed by atoms with Gasteiger partial charge in [0.2, 0.25) is 11.8 Å². The van der Waals surface area contributed by atoms with Crippen molar-refractivity contribution in [1.29, 1.82) is 0 Å². The maximum Gasteiger partial charge on any atom is 0.332 e. The van der Waals surface area contributed by atoms with Crippen molar-refractivity contribution in [1.82, 2.24) is 4.90 Å². The molecule has 6 atom stereocenters. The Morgan fingerprint density at radius 1 is 1.07 bits per heavy atom. The van der Waals surface area contributed by atoms with Gasteiger partial charge in [0.25, 0.3) is 0 Å². The molecule has 2 bridgehead atoms. The second-order valence-electron chi connectivity index (χ2n) is 7.57. The number of nitrogens with zero attached hydrogens (tertiary/aromatic N) is 1. The van der Waals surface area contributed by atoms with Gasteiger partial charge in [0, 0.05) is 5.92 Å². The molecule has 2 amide bonds. The number of benzene rings is 1. The largest absolute Gasteiger partial charge is 0.480 e. The van der Waals surface area contributed by atoms with Crippen LogP contribution >= 0.6 is 0 Å². The topological polar surface area (TPSA) is 119 Å². The summed E-state index contributed by atoms with van der Waals surface area (Å²) in [7, 11) is 0. The first-order chi connectivity index (χ1) is 13.9. The molecule has 3 fully saturated rings. The van der Waals surface area contributed by atoms with Gasteiger partial charge in [-0.2, -0.15) is 0 Å². The number of ether oxygens (including phenoxy) is 3. The molecule has 3 heterocycles. The van der Waals surface area contributed by atoms with E-state index in [1.807, 2.05) is 37.3 Å². The van der Waals surface area contributed by atoms with Crippen LogP contribution in [0.15, 0.2) is 30.3 Å². The first kappa shape index (κ1) is 19.5. The Labute approximate surface area is 166 Å². The highest BCUT2D eigenvalue weighted by molar-refractivity contribution is 6.06. The maximum absolute atomic E-state index is 13.0. The zero-order valence-corrected chi connectivity index (χ0v) is 15.7. The number of imide groups is 1. The van der Waals surface area contributed by atoms with E-state index >= 15 is 0 Å². The predicted molar refractivity (Wildman–Crippen MR) is 95.1 cm³/mol. The fourth-order valence-electron chi connectivity index (χ4n) is 4.54. The van der Waals surface area contributed by atoms with Gasteiger partial charge in [-0.1, -0.05) is 37.3 Å². The van der Waals surface area contributed by atoms with E-state index in [-0.39, 0.29) is 24.3 Å². The zero-order chi connectivity index (χ0) is 20.7. The SMILES string of the molecule is C[C@H]1C(OC(=O)COCC(=O)O)C2O[C@H]1C1C(=O)N(Cc3ccccc3)C(=O)C21. The molecule has 0 spiro atoms. The number of rotatable bonds is 7. The van der Waals surface area contributed by atoms with Gasteiger partial charge in [0.1, 0.15) is 25.4 Å². The summed E-state index contributed by atoms with van der Waals surface area (Å²) in [6, 6.07) is 9.25. The van der Waals surface area contributed by atoms with Crippen LogP contribution in [0.25, 0.3) is 0 Å². The van der Waals surface area contributed by atoms with Crippen LogP contribution in [0.1, 0.15) is 12.5 Å². The van der Waals surface area contributed by atoms with E-state index in [0.29, 0.717) is 0 Å². The molecule has 3 aliphatic rings. The van der Waals surface area contributed by atoms with Gasteiger partial charge < -0.3 is 19.3 Å². The van der Waals surface area contributed by atoms with Crippen LogP contribution in [-0.2, 0) is 39.9 Å². The van der Waals surface area contributed by atoms with E-state index in [4.69, 9.17) is 19.3 Å². The highest BCUT2D eigenvalue weighted by Gasteiger charge is 2.68. The van der Waals surface area contributed by atoms with Gasteiger partial charge in [0.05, 0.1) is 24.5 Å². The fraction of sp³-hybridized carbons (Fsp3) is 0.500. The summed E-state index contributed by atoms with van der Waals surface area (Å²) in [5, 5.41) is 8.55. The van der Waals surface area contributed by atoms with Gasteiger partial charge in [-0.25, -0.2) is 9.59 Å². The highest BCUT2D eigenvalue weighted by atomic mass is 16.6. The molecule has 1 aromatic carbocycles. The zero-order valence-electron chi connectivity index (χ0n) is 15.7.